The Hall–Kier alpha value is -1.17. The third kappa shape index (κ3) is 7.02. The SMILES string of the molecule is COc1cccc(CNCC2CCNCC2)c1OCc1ccccc1Cl.Cl.Cl. The van der Waals surface area contributed by atoms with Gasteiger partial charge < -0.3 is 20.1 Å². The number of piperidine rings is 1. The number of nitrogens with one attached hydrogen (secondary N) is 2. The highest BCUT2D eigenvalue weighted by atomic mass is 35.5. The summed E-state index contributed by atoms with van der Waals surface area (Å²) < 4.78 is 11.6. The molecule has 0 bridgehead atoms. The van der Waals surface area contributed by atoms with Crippen molar-refractivity contribution in [1.82, 2.24) is 10.6 Å². The van der Waals surface area contributed by atoms with Gasteiger partial charge in [0.15, 0.2) is 11.5 Å². The Labute approximate surface area is 185 Å². The maximum Gasteiger partial charge on any atom is 0.166 e. The van der Waals surface area contributed by atoms with Crippen molar-refractivity contribution in [3.8, 4) is 11.5 Å². The van der Waals surface area contributed by atoms with Gasteiger partial charge in [-0.05, 0) is 50.5 Å². The van der Waals surface area contributed by atoms with Crippen LogP contribution in [0.4, 0.5) is 0 Å². The number of ether oxygens (including phenoxy) is 2. The molecule has 0 radical (unpaired) electrons. The third-order valence-electron chi connectivity index (χ3n) is 4.82. The van der Waals surface area contributed by atoms with E-state index in [4.69, 9.17) is 21.1 Å². The molecular formula is C21H29Cl3N2O2. The molecular weight excluding hydrogens is 419 g/mol. The molecule has 4 nitrogen and oxygen atoms in total. The number of methoxy groups -OCH3 is 1. The fourth-order valence-electron chi connectivity index (χ4n) is 3.29. The minimum Gasteiger partial charge on any atom is -0.493 e. The average Bonchev–Trinajstić information content (AvgIpc) is 2.68. The molecule has 1 aliphatic heterocycles. The number of para-hydroxylation sites is 1. The molecule has 2 aromatic carbocycles. The minimum absolute atomic E-state index is 0. The third-order valence-corrected chi connectivity index (χ3v) is 5.19. The molecule has 0 spiro atoms. The van der Waals surface area contributed by atoms with Gasteiger partial charge in [-0.3, -0.25) is 0 Å². The van der Waals surface area contributed by atoms with Crippen LogP contribution < -0.4 is 20.1 Å². The second kappa shape index (κ2) is 13.1. The monoisotopic (exact) mass is 446 g/mol. The summed E-state index contributed by atoms with van der Waals surface area (Å²) in [5.74, 6) is 2.28. The lowest BCUT2D eigenvalue weighted by atomic mass is 9.98. The van der Waals surface area contributed by atoms with E-state index < -0.39 is 0 Å². The van der Waals surface area contributed by atoms with Crippen molar-refractivity contribution in [1.29, 1.82) is 0 Å². The smallest absolute Gasteiger partial charge is 0.166 e. The largest absolute Gasteiger partial charge is 0.493 e. The predicted octanol–water partition coefficient (Wildman–Crippen LogP) is 4.86. The van der Waals surface area contributed by atoms with Gasteiger partial charge in [0.05, 0.1) is 7.11 Å². The lowest BCUT2D eigenvalue weighted by Crippen LogP contribution is -2.33. The van der Waals surface area contributed by atoms with Crippen molar-refractivity contribution in [3.63, 3.8) is 0 Å². The zero-order chi connectivity index (χ0) is 18.2. The van der Waals surface area contributed by atoms with Crippen LogP contribution in [0.1, 0.15) is 24.0 Å². The fraction of sp³-hybridized carbons (Fsp3) is 0.429. The number of rotatable bonds is 8. The van der Waals surface area contributed by atoms with Crippen molar-refractivity contribution in [2.75, 3.05) is 26.7 Å². The molecule has 0 aromatic heterocycles. The first-order valence-corrected chi connectivity index (χ1v) is 9.59. The average molecular weight is 448 g/mol. The van der Waals surface area contributed by atoms with Crippen LogP contribution >= 0.6 is 36.4 Å². The van der Waals surface area contributed by atoms with E-state index in [1.165, 1.54) is 12.8 Å². The van der Waals surface area contributed by atoms with Crippen LogP contribution in [-0.2, 0) is 13.2 Å². The van der Waals surface area contributed by atoms with Crippen LogP contribution in [0.15, 0.2) is 42.5 Å². The molecule has 2 aromatic rings. The van der Waals surface area contributed by atoms with Gasteiger partial charge in [-0.25, -0.2) is 0 Å². The van der Waals surface area contributed by atoms with Crippen molar-refractivity contribution < 1.29 is 9.47 Å². The van der Waals surface area contributed by atoms with Crippen molar-refractivity contribution in [3.05, 3.63) is 58.6 Å². The maximum absolute atomic E-state index is 6.24. The zero-order valence-electron chi connectivity index (χ0n) is 16.1. The van der Waals surface area contributed by atoms with E-state index in [0.29, 0.717) is 11.6 Å². The molecule has 1 fully saturated rings. The summed E-state index contributed by atoms with van der Waals surface area (Å²) in [5, 5.41) is 7.71. The van der Waals surface area contributed by atoms with E-state index in [0.717, 1.165) is 54.7 Å². The van der Waals surface area contributed by atoms with Crippen molar-refractivity contribution in [2.45, 2.75) is 26.0 Å². The first-order chi connectivity index (χ1) is 12.8. The van der Waals surface area contributed by atoms with Crippen molar-refractivity contribution >= 4 is 36.4 Å². The van der Waals surface area contributed by atoms with E-state index in [-0.39, 0.29) is 24.8 Å². The van der Waals surface area contributed by atoms with E-state index in [9.17, 15) is 0 Å². The van der Waals surface area contributed by atoms with Gasteiger partial charge in [0.25, 0.3) is 0 Å². The quantitative estimate of drug-likeness (QED) is 0.606. The minimum atomic E-state index is 0. The number of halogens is 3. The molecule has 1 heterocycles. The van der Waals surface area contributed by atoms with Gasteiger partial charge in [0.1, 0.15) is 6.61 Å². The van der Waals surface area contributed by atoms with Gasteiger partial charge in [-0.2, -0.15) is 0 Å². The van der Waals surface area contributed by atoms with Crippen molar-refractivity contribution in [2.24, 2.45) is 5.92 Å². The molecule has 0 aliphatic carbocycles. The Kier molecular flexibility index (Phi) is 11.7. The molecule has 7 heteroatoms. The summed E-state index contributed by atoms with van der Waals surface area (Å²) in [6.07, 6.45) is 2.47. The Morgan fingerprint density at radius 2 is 1.75 bits per heavy atom. The van der Waals surface area contributed by atoms with Crippen LogP contribution in [0.25, 0.3) is 0 Å². The highest BCUT2D eigenvalue weighted by molar-refractivity contribution is 6.31. The number of hydrogen-bond acceptors (Lipinski definition) is 4. The summed E-state index contributed by atoms with van der Waals surface area (Å²) in [6.45, 7) is 4.46. The second-order valence-electron chi connectivity index (χ2n) is 6.65. The predicted molar refractivity (Wildman–Crippen MR) is 121 cm³/mol. The van der Waals surface area contributed by atoms with Gasteiger partial charge in [-0.15, -0.1) is 24.8 Å². The molecule has 0 amide bonds. The molecule has 1 aliphatic rings. The Balaban J connectivity index is 0.00000196. The van der Waals surface area contributed by atoms with Crippen LogP contribution in [0.2, 0.25) is 5.02 Å². The number of hydrogen-bond donors (Lipinski definition) is 2. The van der Waals surface area contributed by atoms with Gasteiger partial charge >= 0.3 is 0 Å². The first kappa shape index (κ1) is 24.9. The second-order valence-corrected chi connectivity index (χ2v) is 7.06. The van der Waals surface area contributed by atoms with E-state index in [2.05, 4.69) is 16.7 Å². The molecule has 1 saturated heterocycles. The molecule has 28 heavy (non-hydrogen) atoms. The Bertz CT molecular complexity index is 710. The maximum atomic E-state index is 6.24. The van der Waals surface area contributed by atoms with Crippen LogP contribution in [0.3, 0.4) is 0 Å². The van der Waals surface area contributed by atoms with Crippen LogP contribution in [-0.4, -0.2) is 26.7 Å². The summed E-state index contributed by atoms with van der Waals surface area (Å²) in [7, 11) is 1.67. The summed E-state index contributed by atoms with van der Waals surface area (Å²) >= 11 is 6.24. The Morgan fingerprint density at radius 3 is 2.46 bits per heavy atom. The molecule has 0 saturated carbocycles. The first-order valence-electron chi connectivity index (χ1n) is 9.21. The lowest BCUT2D eigenvalue weighted by molar-refractivity contribution is 0.280. The highest BCUT2D eigenvalue weighted by Crippen LogP contribution is 2.32. The molecule has 0 unspecified atom stereocenters. The fourth-order valence-corrected chi connectivity index (χ4v) is 3.48. The van der Waals surface area contributed by atoms with Gasteiger partial charge in [0.2, 0.25) is 0 Å². The standard InChI is InChI=1S/C21H27ClN2O2.2ClH/c1-25-20-8-4-6-17(14-24-13-16-9-11-23-12-10-16)21(20)26-15-18-5-2-3-7-19(18)22;;/h2-8,16,23-24H,9-15H2,1H3;2*1H. The molecule has 0 atom stereocenters. The topological polar surface area (TPSA) is 42.5 Å². The Morgan fingerprint density at radius 1 is 1.04 bits per heavy atom. The van der Waals surface area contributed by atoms with E-state index in [1.807, 2.05) is 36.4 Å². The molecule has 3 rings (SSSR count). The summed E-state index contributed by atoms with van der Waals surface area (Å²) in [4.78, 5) is 0. The normalized spacial score (nSPS) is 13.9. The summed E-state index contributed by atoms with van der Waals surface area (Å²) in [5.41, 5.74) is 2.07. The number of benzene rings is 2. The zero-order valence-corrected chi connectivity index (χ0v) is 18.5. The van der Waals surface area contributed by atoms with Crippen LogP contribution in [0.5, 0.6) is 11.5 Å². The van der Waals surface area contributed by atoms with Crippen LogP contribution in [0, 0.1) is 5.92 Å². The van der Waals surface area contributed by atoms with E-state index >= 15 is 0 Å². The summed E-state index contributed by atoms with van der Waals surface area (Å²) in [6, 6.07) is 13.8. The van der Waals surface area contributed by atoms with Gasteiger partial charge in [0, 0.05) is 22.7 Å². The molecule has 2 N–H and O–H groups in total. The lowest BCUT2D eigenvalue weighted by Gasteiger charge is -2.23. The van der Waals surface area contributed by atoms with Gasteiger partial charge in [-0.1, -0.05) is 41.9 Å². The highest BCUT2D eigenvalue weighted by Gasteiger charge is 2.14. The van der Waals surface area contributed by atoms with E-state index in [1.54, 1.807) is 7.11 Å². The molecule has 156 valence electrons.